The highest BCUT2D eigenvalue weighted by atomic mass is 31.2. The van der Waals surface area contributed by atoms with Gasteiger partial charge in [-0.25, -0.2) is 9.05 Å². The summed E-state index contributed by atoms with van der Waals surface area (Å²) in [6, 6.07) is 0. The molecular formula is C6H7BF6O2P+. The molecule has 0 fully saturated rings. The molecule has 0 N–H and O–H groups in total. The van der Waals surface area contributed by atoms with Gasteiger partial charge < -0.3 is 0 Å². The van der Waals surface area contributed by atoms with Crippen LogP contribution in [-0.2, 0) is 9.05 Å². The van der Waals surface area contributed by atoms with Gasteiger partial charge in [0, 0.05) is 0 Å². The topological polar surface area (TPSA) is 18.5 Å². The number of rotatable bonds is 5. The molecule has 0 atom stereocenters. The Morgan fingerprint density at radius 3 is 1.50 bits per heavy atom. The van der Waals surface area contributed by atoms with E-state index in [2.05, 4.69) is 15.6 Å². The summed E-state index contributed by atoms with van der Waals surface area (Å²) in [7, 11) is 1.24. The van der Waals surface area contributed by atoms with Gasteiger partial charge in [-0.3, -0.25) is 0 Å². The standard InChI is InChI=1S/C6H7BF6O2P/c1-2-16(7,14-3-5(8,9)10)15-4-6(11,12)13/h2H,1,3-4H2/q+1. The Hall–Kier alpha value is -0.265. The molecule has 0 amide bonds. The maximum Gasteiger partial charge on any atom is 0.450 e. The molecule has 2 nitrogen and oxygen atoms in total. The van der Waals surface area contributed by atoms with Crippen LogP contribution >= 0.6 is 7.59 Å². The van der Waals surface area contributed by atoms with Gasteiger partial charge in [0.05, 0.1) is 5.82 Å². The van der Waals surface area contributed by atoms with Crippen LogP contribution in [-0.4, -0.2) is 33.1 Å². The molecule has 10 heteroatoms. The van der Waals surface area contributed by atoms with E-state index in [4.69, 9.17) is 7.57 Å². The second kappa shape index (κ2) is 5.38. The summed E-state index contributed by atoms with van der Waals surface area (Å²) >= 11 is 0. The zero-order valence-corrected chi connectivity index (χ0v) is 8.70. The van der Waals surface area contributed by atoms with Crippen LogP contribution in [0.4, 0.5) is 26.3 Å². The van der Waals surface area contributed by atoms with E-state index < -0.39 is 33.2 Å². The van der Waals surface area contributed by atoms with Crippen LogP contribution < -0.4 is 0 Å². The molecule has 0 rings (SSSR count). The number of hydrogen-bond acceptors (Lipinski definition) is 2. The molecule has 0 saturated carbocycles. The Kier molecular flexibility index (Phi) is 5.29. The smallest absolute Gasteiger partial charge is 0.212 e. The maximum absolute atomic E-state index is 11.7. The highest BCUT2D eigenvalue weighted by molar-refractivity contribution is 7.92. The fourth-order valence-corrected chi connectivity index (χ4v) is 1.47. The Morgan fingerprint density at radius 2 is 1.31 bits per heavy atom. The molecular weight excluding hydrogens is 260 g/mol. The summed E-state index contributed by atoms with van der Waals surface area (Å²) in [6.07, 6.45) is -9.40. The van der Waals surface area contributed by atoms with Crippen molar-refractivity contribution in [2.45, 2.75) is 12.4 Å². The fourth-order valence-electron chi connectivity index (χ4n) is 0.491. The van der Waals surface area contributed by atoms with Crippen molar-refractivity contribution < 1.29 is 35.4 Å². The van der Waals surface area contributed by atoms with E-state index in [-0.39, 0.29) is 0 Å². The van der Waals surface area contributed by atoms with Gasteiger partial charge in [0.25, 0.3) is 0 Å². The molecule has 0 aliphatic rings. The Labute approximate surface area is 89.5 Å². The first-order chi connectivity index (χ1) is 6.97. The van der Waals surface area contributed by atoms with E-state index in [1.54, 1.807) is 0 Å². The van der Waals surface area contributed by atoms with Crippen molar-refractivity contribution in [2.75, 3.05) is 13.2 Å². The van der Waals surface area contributed by atoms with Crippen molar-refractivity contribution in [3.8, 4) is 0 Å². The van der Waals surface area contributed by atoms with Crippen LogP contribution in [0.25, 0.3) is 0 Å². The molecule has 2 radical (unpaired) electrons. The molecule has 92 valence electrons. The predicted molar refractivity (Wildman–Crippen MR) is 46.9 cm³/mol. The minimum absolute atomic E-state index is 0.616. The third-order valence-corrected chi connectivity index (χ3v) is 2.69. The summed E-state index contributed by atoms with van der Waals surface area (Å²) < 4.78 is 78.5. The maximum atomic E-state index is 11.7. The Bertz CT molecular complexity index is 222. The van der Waals surface area contributed by atoms with E-state index in [1.165, 1.54) is 0 Å². The van der Waals surface area contributed by atoms with Crippen molar-refractivity contribution in [3.05, 3.63) is 12.4 Å². The number of hydrogen-bond donors (Lipinski definition) is 0. The largest absolute Gasteiger partial charge is 0.450 e. The van der Waals surface area contributed by atoms with E-state index in [0.29, 0.717) is 5.82 Å². The van der Waals surface area contributed by atoms with E-state index in [0.717, 1.165) is 0 Å². The lowest BCUT2D eigenvalue weighted by Gasteiger charge is -2.18. The summed E-state index contributed by atoms with van der Waals surface area (Å²) in [6.45, 7) is -0.607. The molecule has 0 aromatic carbocycles. The van der Waals surface area contributed by atoms with Crippen LogP contribution in [0, 0.1) is 0 Å². The van der Waals surface area contributed by atoms with Gasteiger partial charge in [0.15, 0.2) is 13.2 Å². The summed E-state index contributed by atoms with van der Waals surface area (Å²) in [5.74, 6) is 0.616. The van der Waals surface area contributed by atoms with Crippen LogP contribution in [0.15, 0.2) is 12.4 Å². The van der Waals surface area contributed by atoms with Crippen molar-refractivity contribution >= 4 is 15.2 Å². The van der Waals surface area contributed by atoms with Gasteiger partial charge in [0.2, 0.25) is 7.59 Å². The number of halogens is 6. The zero-order chi connectivity index (χ0) is 13.0. The van der Waals surface area contributed by atoms with E-state index in [9.17, 15) is 26.3 Å². The van der Waals surface area contributed by atoms with Crippen LogP contribution in [0.5, 0.6) is 0 Å². The highest BCUT2D eigenvalue weighted by Gasteiger charge is 2.43. The SMILES string of the molecule is [B][P+](C=C)(OCC(F)(F)F)OCC(F)(F)F. The molecule has 0 spiro atoms. The van der Waals surface area contributed by atoms with Gasteiger partial charge in [-0.1, -0.05) is 6.58 Å². The molecule has 0 saturated heterocycles. The summed E-state index contributed by atoms with van der Waals surface area (Å²) in [5.41, 5.74) is 0. The fraction of sp³-hybridized carbons (Fsp3) is 0.667. The van der Waals surface area contributed by atoms with Crippen molar-refractivity contribution in [3.63, 3.8) is 0 Å². The van der Waals surface area contributed by atoms with Gasteiger partial charge in [-0.15, -0.1) is 0 Å². The first kappa shape index (κ1) is 15.7. The van der Waals surface area contributed by atoms with Crippen LogP contribution in [0.2, 0.25) is 0 Å². The Balaban J connectivity index is 4.27. The van der Waals surface area contributed by atoms with Crippen LogP contribution in [0.1, 0.15) is 0 Å². The lowest BCUT2D eigenvalue weighted by molar-refractivity contribution is -0.162. The van der Waals surface area contributed by atoms with Crippen molar-refractivity contribution in [2.24, 2.45) is 0 Å². The summed E-state index contributed by atoms with van der Waals surface area (Å²) in [4.78, 5) is 0. The highest BCUT2D eigenvalue weighted by Crippen LogP contribution is 2.58. The third-order valence-electron chi connectivity index (χ3n) is 1.11. The lowest BCUT2D eigenvalue weighted by atomic mass is 10.7. The molecule has 0 heterocycles. The normalized spacial score (nSPS) is 13.9. The molecule has 0 aliphatic carbocycles. The first-order valence-electron chi connectivity index (χ1n) is 3.71. The van der Waals surface area contributed by atoms with Gasteiger partial charge in [-0.05, 0) is 0 Å². The molecule has 0 unspecified atom stereocenters. The van der Waals surface area contributed by atoms with Crippen LogP contribution in [0.3, 0.4) is 0 Å². The average Bonchev–Trinajstić information content (AvgIpc) is 2.09. The second-order valence-corrected chi connectivity index (χ2v) is 4.78. The van der Waals surface area contributed by atoms with E-state index >= 15 is 0 Å². The molecule has 0 aromatic rings. The molecule has 0 bridgehead atoms. The molecule has 16 heavy (non-hydrogen) atoms. The average molecular weight is 267 g/mol. The quantitative estimate of drug-likeness (QED) is 0.432. The zero-order valence-electron chi connectivity index (χ0n) is 7.81. The monoisotopic (exact) mass is 267 g/mol. The molecule has 0 aliphatic heterocycles. The predicted octanol–water partition coefficient (Wildman–Crippen LogP) is 3.22. The minimum Gasteiger partial charge on any atom is -0.212 e. The lowest BCUT2D eigenvalue weighted by Crippen LogP contribution is -2.21. The summed E-state index contributed by atoms with van der Waals surface area (Å²) in [5, 5.41) is 0. The van der Waals surface area contributed by atoms with Gasteiger partial charge >= 0.3 is 19.9 Å². The first-order valence-corrected chi connectivity index (χ1v) is 5.47. The minimum atomic E-state index is -4.70. The van der Waals surface area contributed by atoms with E-state index in [1.807, 2.05) is 0 Å². The van der Waals surface area contributed by atoms with Gasteiger partial charge in [0.1, 0.15) is 0 Å². The molecule has 0 aromatic heterocycles. The van der Waals surface area contributed by atoms with Gasteiger partial charge in [-0.2, -0.15) is 26.3 Å². The number of alkyl halides is 6. The van der Waals surface area contributed by atoms with Crippen molar-refractivity contribution in [1.29, 1.82) is 0 Å². The van der Waals surface area contributed by atoms with Crippen molar-refractivity contribution in [1.82, 2.24) is 0 Å². The Morgan fingerprint density at radius 1 is 1.00 bits per heavy atom. The third kappa shape index (κ3) is 7.95. The second-order valence-electron chi connectivity index (χ2n) is 2.61.